The molecule has 5 rings (SSSR count). The molecule has 7 nitrogen and oxygen atoms in total. The van der Waals surface area contributed by atoms with Gasteiger partial charge in [0.05, 0.1) is 13.2 Å². The maximum absolute atomic E-state index is 13.2. The normalized spacial score (nSPS) is 14.5. The van der Waals surface area contributed by atoms with Gasteiger partial charge in [0.15, 0.2) is 17.6 Å². The zero-order valence-corrected chi connectivity index (χ0v) is 23.7. The van der Waals surface area contributed by atoms with Gasteiger partial charge in [0, 0.05) is 28.7 Å². The highest BCUT2D eigenvalue weighted by Gasteiger charge is 2.24. The smallest absolute Gasteiger partial charge is 0.344 e. The Morgan fingerprint density at radius 2 is 1.80 bits per heavy atom. The number of methoxy groups -OCH3 is 1. The molecule has 1 heterocycles. The topological polar surface area (TPSA) is 89.8 Å². The lowest BCUT2D eigenvalue weighted by Crippen LogP contribution is -2.26. The quantitative estimate of drug-likeness (QED) is 0.239. The van der Waals surface area contributed by atoms with Crippen molar-refractivity contribution in [2.45, 2.75) is 65.1 Å². The van der Waals surface area contributed by atoms with Gasteiger partial charge in [-0.15, -0.1) is 0 Å². The molecule has 7 heteroatoms. The van der Waals surface area contributed by atoms with Gasteiger partial charge in [-0.2, -0.15) is 0 Å². The SMILES string of the molecule is COc1ccc(Cn2c(C)c(C)c3cc(C(=O)N[C@@H](C)c4cccc(C5CC5)c4)ccc32)cc1OC(C)C(=O)O. The Kier molecular flexibility index (Phi) is 7.57. The van der Waals surface area contributed by atoms with Crippen molar-refractivity contribution in [3.8, 4) is 11.5 Å². The van der Waals surface area contributed by atoms with Crippen LogP contribution in [-0.4, -0.2) is 34.8 Å². The number of carboxylic acid groups (broad SMARTS) is 1. The van der Waals surface area contributed by atoms with Crippen LogP contribution in [0, 0.1) is 13.8 Å². The van der Waals surface area contributed by atoms with Gasteiger partial charge < -0.3 is 24.5 Å². The summed E-state index contributed by atoms with van der Waals surface area (Å²) >= 11 is 0. The molecule has 2 atom stereocenters. The number of aromatic nitrogens is 1. The molecule has 1 aliphatic rings. The standard InChI is InChI=1S/C33H36N2O5/c1-19-21(3)35(18-23-9-14-30(39-5)31(15-23)40-22(4)33(37)38)29-13-12-27(17-28(19)29)32(36)34-20(2)25-7-6-8-26(16-25)24-10-11-24/h6-9,12-17,20,22,24H,10-11,18H2,1-5H3,(H,34,36)(H,37,38)/t20-,22?/m0/s1. The summed E-state index contributed by atoms with van der Waals surface area (Å²) in [5.74, 6) is 0.394. The minimum Gasteiger partial charge on any atom is -0.493 e. The number of nitrogens with one attached hydrogen (secondary N) is 1. The number of amides is 1. The van der Waals surface area contributed by atoms with Crippen molar-refractivity contribution >= 4 is 22.8 Å². The van der Waals surface area contributed by atoms with Gasteiger partial charge >= 0.3 is 5.97 Å². The molecule has 1 aromatic heterocycles. The number of carbonyl (C=O) groups excluding carboxylic acids is 1. The lowest BCUT2D eigenvalue weighted by molar-refractivity contribution is -0.144. The highest BCUT2D eigenvalue weighted by atomic mass is 16.5. The molecule has 0 saturated heterocycles. The first kappa shape index (κ1) is 27.3. The molecule has 3 aromatic carbocycles. The first-order chi connectivity index (χ1) is 19.2. The van der Waals surface area contributed by atoms with Gasteiger partial charge in [-0.25, -0.2) is 4.79 Å². The molecule has 1 saturated carbocycles. The summed E-state index contributed by atoms with van der Waals surface area (Å²) in [4.78, 5) is 24.6. The van der Waals surface area contributed by atoms with Crippen LogP contribution in [0.2, 0.25) is 0 Å². The van der Waals surface area contributed by atoms with E-state index in [9.17, 15) is 14.7 Å². The fourth-order valence-corrected chi connectivity index (χ4v) is 5.19. The third-order valence-electron chi connectivity index (χ3n) is 7.93. The summed E-state index contributed by atoms with van der Waals surface area (Å²) in [6.45, 7) is 8.20. The number of rotatable bonds is 10. The maximum Gasteiger partial charge on any atom is 0.344 e. The number of nitrogens with zero attached hydrogens (tertiary/aromatic N) is 1. The largest absolute Gasteiger partial charge is 0.493 e. The maximum atomic E-state index is 13.2. The Labute approximate surface area is 234 Å². The van der Waals surface area contributed by atoms with E-state index in [0.717, 1.165) is 33.3 Å². The Balaban J connectivity index is 1.38. The first-order valence-electron chi connectivity index (χ1n) is 13.7. The summed E-state index contributed by atoms with van der Waals surface area (Å²) in [5.41, 5.74) is 7.28. The third-order valence-corrected chi connectivity index (χ3v) is 7.93. The van der Waals surface area contributed by atoms with Crippen LogP contribution in [0.1, 0.15) is 77.0 Å². The van der Waals surface area contributed by atoms with Gasteiger partial charge in [0.25, 0.3) is 5.91 Å². The molecule has 1 unspecified atom stereocenters. The fourth-order valence-electron chi connectivity index (χ4n) is 5.19. The number of hydrogen-bond acceptors (Lipinski definition) is 4. The molecule has 0 aliphatic heterocycles. The lowest BCUT2D eigenvalue weighted by Gasteiger charge is -2.16. The number of carboxylic acids is 1. The Morgan fingerprint density at radius 1 is 1.02 bits per heavy atom. The average Bonchev–Trinajstić information content (AvgIpc) is 3.78. The van der Waals surface area contributed by atoms with Gasteiger partial charge in [-0.1, -0.05) is 30.3 Å². The lowest BCUT2D eigenvalue weighted by atomic mass is 10.0. The van der Waals surface area contributed by atoms with Crippen molar-refractivity contribution in [3.63, 3.8) is 0 Å². The number of fused-ring (bicyclic) bond motifs is 1. The molecule has 4 aromatic rings. The fraction of sp³-hybridized carbons (Fsp3) is 0.333. The predicted molar refractivity (Wildman–Crippen MR) is 156 cm³/mol. The van der Waals surface area contributed by atoms with Crippen molar-refractivity contribution in [1.82, 2.24) is 9.88 Å². The minimum atomic E-state index is -1.05. The summed E-state index contributed by atoms with van der Waals surface area (Å²) < 4.78 is 13.2. The van der Waals surface area contributed by atoms with E-state index in [4.69, 9.17) is 9.47 Å². The third kappa shape index (κ3) is 5.55. The number of aryl methyl sites for hydroxylation is 1. The van der Waals surface area contributed by atoms with Crippen LogP contribution in [0.25, 0.3) is 10.9 Å². The molecule has 1 aliphatic carbocycles. The van der Waals surface area contributed by atoms with E-state index in [-0.39, 0.29) is 11.9 Å². The van der Waals surface area contributed by atoms with Crippen molar-refractivity contribution in [2.75, 3.05) is 7.11 Å². The second kappa shape index (κ2) is 11.1. The van der Waals surface area contributed by atoms with E-state index >= 15 is 0 Å². The molecule has 208 valence electrons. The Hall–Kier alpha value is -4.26. The first-order valence-corrected chi connectivity index (χ1v) is 13.7. The summed E-state index contributed by atoms with van der Waals surface area (Å²) in [5, 5.41) is 13.5. The highest BCUT2D eigenvalue weighted by molar-refractivity contribution is 5.99. The number of carbonyl (C=O) groups is 2. The van der Waals surface area contributed by atoms with E-state index in [1.54, 1.807) is 6.07 Å². The zero-order chi connectivity index (χ0) is 28.6. The summed E-state index contributed by atoms with van der Waals surface area (Å²) in [6, 6.07) is 19.8. The molecular weight excluding hydrogens is 504 g/mol. The second-order valence-corrected chi connectivity index (χ2v) is 10.8. The van der Waals surface area contributed by atoms with Gasteiger partial charge in [0.2, 0.25) is 0 Å². The molecule has 1 amide bonds. The number of aliphatic carboxylic acids is 1. The number of hydrogen-bond donors (Lipinski definition) is 2. The van der Waals surface area contributed by atoms with Crippen molar-refractivity contribution < 1.29 is 24.2 Å². The molecule has 2 N–H and O–H groups in total. The number of benzene rings is 3. The van der Waals surface area contributed by atoms with Crippen LogP contribution in [0.5, 0.6) is 11.5 Å². The monoisotopic (exact) mass is 540 g/mol. The minimum absolute atomic E-state index is 0.0929. The van der Waals surface area contributed by atoms with Gasteiger partial charge in [-0.05, 0) is 99.0 Å². The Morgan fingerprint density at radius 3 is 2.50 bits per heavy atom. The van der Waals surface area contributed by atoms with Gasteiger partial charge in [-0.3, -0.25) is 4.79 Å². The zero-order valence-electron chi connectivity index (χ0n) is 23.7. The molecule has 1 fully saturated rings. The van der Waals surface area contributed by atoms with E-state index < -0.39 is 12.1 Å². The van der Waals surface area contributed by atoms with Crippen LogP contribution < -0.4 is 14.8 Å². The van der Waals surface area contributed by atoms with E-state index in [1.165, 1.54) is 32.4 Å². The Bertz CT molecular complexity index is 1580. The van der Waals surface area contributed by atoms with E-state index in [2.05, 4.69) is 48.0 Å². The van der Waals surface area contributed by atoms with Gasteiger partial charge in [0.1, 0.15) is 0 Å². The van der Waals surface area contributed by atoms with Crippen molar-refractivity contribution in [3.05, 3.63) is 94.2 Å². The molecule has 0 spiro atoms. The summed E-state index contributed by atoms with van der Waals surface area (Å²) in [7, 11) is 1.53. The number of ether oxygens (including phenoxy) is 2. The van der Waals surface area contributed by atoms with Crippen molar-refractivity contribution in [2.24, 2.45) is 0 Å². The van der Waals surface area contributed by atoms with Crippen LogP contribution in [0.4, 0.5) is 0 Å². The van der Waals surface area contributed by atoms with Crippen LogP contribution in [0.3, 0.4) is 0 Å². The van der Waals surface area contributed by atoms with Crippen LogP contribution >= 0.6 is 0 Å². The average molecular weight is 541 g/mol. The van der Waals surface area contributed by atoms with Crippen LogP contribution in [0.15, 0.2) is 60.7 Å². The van der Waals surface area contributed by atoms with E-state index in [1.807, 2.05) is 37.3 Å². The molecule has 40 heavy (non-hydrogen) atoms. The highest BCUT2D eigenvalue weighted by Crippen LogP contribution is 2.40. The van der Waals surface area contributed by atoms with Crippen LogP contribution in [-0.2, 0) is 11.3 Å². The second-order valence-electron chi connectivity index (χ2n) is 10.8. The summed E-state index contributed by atoms with van der Waals surface area (Å²) in [6.07, 6.45) is 1.50. The van der Waals surface area contributed by atoms with E-state index in [0.29, 0.717) is 29.5 Å². The van der Waals surface area contributed by atoms with Crippen molar-refractivity contribution in [1.29, 1.82) is 0 Å². The molecule has 0 radical (unpaired) electrons. The predicted octanol–water partition coefficient (Wildman–Crippen LogP) is 6.54. The molecular formula is C33H36N2O5. The molecule has 0 bridgehead atoms.